The monoisotopic (exact) mass is 228 g/mol. The Hall–Kier alpha value is 0.340. The maximum absolute atomic E-state index is 12.1. The van der Waals surface area contributed by atoms with Crippen molar-refractivity contribution in [1.29, 1.82) is 0 Å². The van der Waals surface area contributed by atoms with Gasteiger partial charge in [0, 0.05) is 11.2 Å². The third-order valence-corrected chi connectivity index (χ3v) is 2.56. The van der Waals surface area contributed by atoms with Crippen LogP contribution in [-0.4, -0.2) is 11.8 Å². The molecule has 0 bridgehead atoms. The van der Waals surface area contributed by atoms with Gasteiger partial charge >= 0.3 is 0 Å². The van der Waals surface area contributed by atoms with Gasteiger partial charge in [-0.25, -0.2) is 8.78 Å². The normalized spacial score (nSPS) is 13.9. The number of hydrogen-bond acceptors (Lipinski definition) is 0. The fourth-order valence-electron chi connectivity index (χ4n) is 0.927. The van der Waals surface area contributed by atoms with Crippen LogP contribution < -0.4 is 0 Å². The van der Waals surface area contributed by atoms with Gasteiger partial charge in [-0.1, -0.05) is 42.1 Å². The molecule has 3 heteroatoms. The Balaban J connectivity index is 3.36. The molecule has 11 heavy (non-hydrogen) atoms. The largest absolute Gasteiger partial charge is 0.242 e. The molecule has 0 N–H and O–H groups in total. The highest BCUT2D eigenvalue weighted by Crippen LogP contribution is 2.19. The van der Waals surface area contributed by atoms with Crippen LogP contribution >= 0.6 is 15.9 Å². The molecule has 0 nitrogen and oxygen atoms in total. The first-order chi connectivity index (χ1) is 5.22. The molecule has 0 aromatic rings. The number of rotatable bonds is 6. The third-order valence-electron chi connectivity index (χ3n) is 1.73. The molecular formula is C8H15BrF2. The Labute approximate surface area is 75.5 Å². The van der Waals surface area contributed by atoms with E-state index < -0.39 is 12.3 Å². The van der Waals surface area contributed by atoms with Crippen molar-refractivity contribution in [3.63, 3.8) is 0 Å². The summed E-state index contributed by atoms with van der Waals surface area (Å²) in [4.78, 5) is 0. The summed E-state index contributed by atoms with van der Waals surface area (Å²) in [5.74, 6) is -0.443. The average molecular weight is 229 g/mol. The van der Waals surface area contributed by atoms with E-state index in [9.17, 15) is 8.78 Å². The number of halogens is 3. The summed E-state index contributed by atoms with van der Waals surface area (Å²) in [5, 5.41) is 0.425. The van der Waals surface area contributed by atoms with E-state index in [0.29, 0.717) is 11.8 Å². The Morgan fingerprint density at radius 1 is 1.27 bits per heavy atom. The zero-order valence-electron chi connectivity index (χ0n) is 6.82. The Morgan fingerprint density at radius 3 is 2.27 bits per heavy atom. The van der Waals surface area contributed by atoms with E-state index in [0.717, 1.165) is 19.3 Å². The zero-order valence-corrected chi connectivity index (χ0v) is 8.41. The highest BCUT2D eigenvalue weighted by atomic mass is 79.9. The van der Waals surface area contributed by atoms with E-state index in [4.69, 9.17) is 0 Å². The van der Waals surface area contributed by atoms with Crippen LogP contribution in [0.4, 0.5) is 8.78 Å². The van der Waals surface area contributed by atoms with Crippen LogP contribution in [0.5, 0.6) is 0 Å². The minimum atomic E-state index is -2.16. The number of alkyl halides is 3. The van der Waals surface area contributed by atoms with Crippen molar-refractivity contribution >= 4 is 15.9 Å². The van der Waals surface area contributed by atoms with Gasteiger partial charge in [-0.2, -0.15) is 0 Å². The zero-order chi connectivity index (χ0) is 8.69. The van der Waals surface area contributed by atoms with Crippen molar-refractivity contribution in [3.05, 3.63) is 0 Å². The summed E-state index contributed by atoms with van der Waals surface area (Å²) in [7, 11) is 0. The molecule has 0 aromatic carbocycles. The molecule has 0 saturated heterocycles. The van der Waals surface area contributed by atoms with Crippen molar-refractivity contribution in [1.82, 2.24) is 0 Å². The molecule has 0 aliphatic rings. The summed E-state index contributed by atoms with van der Waals surface area (Å²) >= 11 is 3.09. The fraction of sp³-hybridized carbons (Fsp3) is 1.00. The van der Waals surface area contributed by atoms with E-state index in [1.807, 2.05) is 0 Å². The quantitative estimate of drug-likeness (QED) is 0.479. The Bertz CT molecular complexity index is 86.2. The molecule has 68 valence electrons. The van der Waals surface area contributed by atoms with Crippen molar-refractivity contribution in [2.75, 3.05) is 5.33 Å². The van der Waals surface area contributed by atoms with Crippen LogP contribution in [0.1, 0.15) is 32.6 Å². The van der Waals surface area contributed by atoms with Crippen LogP contribution in [0.15, 0.2) is 0 Å². The average Bonchev–Trinajstić information content (AvgIpc) is 1.97. The Morgan fingerprint density at radius 2 is 1.91 bits per heavy atom. The maximum Gasteiger partial charge on any atom is 0.242 e. The molecule has 0 heterocycles. The lowest BCUT2D eigenvalue weighted by Gasteiger charge is -2.11. The maximum atomic E-state index is 12.1. The molecule has 0 aromatic heterocycles. The molecule has 1 unspecified atom stereocenters. The van der Waals surface area contributed by atoms with E-state index >= 15 is 0 Å². The lowest BCUT2D eigenvalue weighted by Crippen LogP contribution is -2.12. The second-order valence-corrected chi connectivity index (χ2v) is 3.39. The fourth-order valence-corrected chi connectivity index (χ4v) is 1.53. The van der Waals surface area contributed by atoms with Crippen molar-refractivity contribution in [3.8, 4) is 0 Å². The summed E-state index contributed by atoms with van der Waals surface area (Å²) in [6, 6.07) is 0. The molecule has 0 radical (unpaired) electrons. The molecule has 0 amide bonds. The second kappa shape index (κ2) is 7.01. The van der Waals surface area contributed by atoms with Crippen molar-refractivity contribution in [2.24, 2.45) is 5.92 Å². The molecule has 0 spiro atoms. The van der Waals surface area contributed by atoms with Crippen LogP contribution in [0, 0.1) is 5.92 Å². The van der Waals surface area contributed by atoms with Crippen LogP contribution in [0.25, 0.3) is 0 Å². The molecule has 0 rings (SSSR count). The molecule has 0 saturated carbocycles. The lowest BCUT2D eigenvalue weighted by atomic mass is 10.0. The summed E-state index contributed by atoms with van der Waals surface area (Å²) in [6.45, 7) is 2.07. The van der Waals surface area contributed by atoms with E-state index in [2.05, 4.69) is 22.9 Å². The minimum absolute atomic E-state index is 0.425. The SMILES string of the molecule is CCCCCC(CBr)C(F)F. The van der Waals surface area contributed by atoms with Gasteiger partial charge in [-0.3, -0.25) is 0 Å². The van der Waals surface area contributed by atoms with E-state index in [1.54, 1.807) is 0 Å². The summed E-state index contributed by atoms with van der Waals surface area (Å²) in [5.41, 5.74) is 0. The van der Waals surface area contributed by atoms with Crippen molar-refractivity contribution in [2.45, 2.75) is 39.0 Å². The summed E-state index contributed by atoms with van der Waals surface area (Å²) in [6.07, 6.45) is 1.58. The topological polar surface area (TPSA) is 0 Å². The number of unbranched alkanes of at least 4 members (excludes halogenated alkanes) is 2. The van der Waals surface area contributed by atoms with E-state index in [-0.39, 0.29) is 0 Å². The smallest absolute Gasteiger partial charge is 0.210 e. The Kier molecular flexibility index (Phi) is 7.23. The minimum Gasteiger partial charge on any atom is -0.210 e. The van der Waals surface area contributed by atoms with Crippen molar-refractivity contribution < 1.29 is 8.78 Å². The molecule has 0 fully saturated rings. The van der Waals surface area contributed by atoms with Gasteiger partial charge in [-0.15, -0.1) is 0 Å². The highest BCUT2D eigenvalue weighted by molar-refractivity contribution is 9.09. The predicted molar refractivity (Wildman–Crippen MR) is 47.4 cm³/mol. The molecular weight excluding hydrogens is 214 g/mol. The van der Waals surface area contributed by atoms with Gasteiger partial charge in [0.2, 0.25) is 6.43 Å². The highest BCUT2D eigenvalue weighted by Gasteiger charge is 2.17. The predicted octanol–water partition coefficient (Wildman–Crippen LogP) is 3.84. The first kappa shape index (κ1) is 11.3. The standard InChI is InChI=1S/C8H15BrF2/c1-2-3-4-5-7(6-9)8(10)11/h7-8H,2-6H2,1H3. The first-order valence-electron chi connectivity index (χ1n) is 4.06. The molecule has 0 aliphatic carbocycles. The van der Waals surface area contributed by atoms with Gasteiger partial charge in [0.15, 0.2) is 0 Å². The van der Waals surface area contributed by atoms with Gasteiger partial charge < -0.3 is 0 Å². The first-order valence-corrected chi connectivity index (χ1v) is 5.18. The summed E-state index contributed by atoms with van der Waals surface area (Å²) < 4.78 is 24.2. The van der Waals surface area contributed by atoms with Crippen LogP contribution in [-0.2, 0) is 0 Å². The number of hydrogen-bond donors (Lipinski definition) is 0. The molecule has 1 atom stereocenters. The lowest BCUT2D eigenvalue weighted by molar-refractivity contribution is 0.0835. The van der Waals surface area contributed by atoms with E-state index in [1.165, 1.54) is 0 Å². The van der Waals surface area contributed by atoms with Gasteiger partial charge in [0.1, 0.15) is 0 Å². The third kappa shape index (κ3) is 5.59. The van der Waals surface area contributed by atoms with Gasteiger partial charge in [0.25, 0.3) is 0 Å². The van der Waals surface area contributed by atoms with Crippen LogP contribution in [0.3, 0.4) is 0 Å². The van der Waals surface area contributed by atoms with Crippen LogP contribution in [0.2, 0.25) is 0 Å². The second-order valence-electron chi connectivity index (χ2n) is 2.74. The molecule has 0 aliphatic heterocycles. The van der Waals surface area contributed by atoms with Gasteiger partial charge in [0.05, 0.1) is 0 Å². The van der Waals surface area contributed by atoms with Gasteiger partial charge in [-0.05, 0) is 6.42 Å².